The fourth-order valence-corrected chi connectivity index (χ4v) is 2.35. The molecule has 0 aliphatic rings. The van der Waals surface area contributed by atoms with Crippen molar-refractivity contribution in [1.29, 1.82) is 0 Å². The molecule has 0 aliphatic carbocycles. The maximum atomic E-state index is 12.3. The lowest BCUT2D eigenvalue weighted by Crippen LogP contribution is -2.48. The van der Waals surface area contributed by atoms with Gasteiger partial charge in [-0.15, -0.1) is 0 Å². The van der Waals surface area contributed by atoms with Crippen LogP contribution in [0.15, 0.2) is 48.8 Å². The van der Waals surface area contributed by atoms with Crippen molar-refractivity contribution < 1.29 is 9.53 Å². The molecular weight excluding hydrogens is 254 g/mol. The monoisotopic (exact) mass is 273 g/mol. The van der Waals surface area contributed by atoms with Gasteiger partial charge in [0.15, 0.2) is 0 Å². The van der Waals surface area contributed by atoms with Crippen LogP contribution in [0.1, 0.15) is 12.0 Å². The topological polar surface area (TPSA) is 56.2 Å². The standard InChI is InChI=1S/C15H19N3O2/c1-16-15(14(19)20-2,13-7-4-3-5-8-13)9-12-18-11-6-10-17-18/h3-8,10-11,16H,9,12H2,1-2H3. The van der Waals surface area contributed by atoms with Gasteiger partial charge in [-0.3, -0.25) is 4.68 Å². The number of nitrogens with zero attached hydrogens (tertiary/aromatic N) is 2. The Morgan fingerprint density at radius 1 is 1.35 bits per heavy atom. The van der Waals surface area contributed by atoms with Crippen molar-refractivity contribution in [2.45, 2.75) is 18.5 Å². The highest BCUT2D eigenvalue weighted by Gasteiger charge is 2.39. The van der Waals surface area contributed by atoms with Crippen molar-refractivity contribution in [3.05, 3.63) is 54.4 Å². The zero-order valence-corrected chi connectivity index (χ0v) is 11.7. The van der Waals surface area contributed by atoms with Crippen LogP contribution in [-0.2, 0) is 21.6 Å². The molecular formula is C15H19N3O2. The van der Waals surface area contributed by atoms with Gasteiger partial charge in [-0.2, -0.15) is 5.10 Å². The summed E-state index contributed by atoms with van der Waals surface area (Å²) in [6.45, 7) is 0.623. The van der Waals surface area contributed by atoms with Crippen molar-refractivity contribution in [2.24, 2.45) is 0 Å². The summed E-state index contributed by atoms with van der Waals surface area (Å²) in [6, 6.07) is 11.5. The third-order valence-corrected chi connectivity index (χ3v) is 3.50. The first-order valence-corrected chi connectivity index (χ1v) is 6.53. The largest absolute Gasteiger partial charge is 0.467 e. The molecule has 0 spiro atoms. The number of ether oxygens (including phenoxy) is 1. The Kier molecular flexibility index (Phi) is 4.53. The summed E-state index contributed by atoms with van der Waals surface area (Å²) in [5.41, 5.74) is 0.0311. The number of carbonyl (C=O) groups is 1. The lowest BCUT2D eigenvalue weighted by Gasteiger charge is -2.31. The van der Waals surface area contributed by atoms with Gasteiger partial charge in [0.25, 0.3) is 0 Å². The number of hydrogen-bond donors (Lipinski definition) is 1. The second-order valence-corrected chi connectivity index (χ2v) is 4.53. The second kappa shape index (κ2) is 6.34. The maximum Gasteiger partial charge on any atom is 0.330 e. The smallest absolute Gasteiger partial charge is 0.330 e. The number of methoxy groups -OCH3 is 1. The van der Waals surface area contributed by atoms with Crippen molar-refractivity contribution in [1.82, 2.24) is 15.1 Å². The van der Waals surface area contributed by atoms with Gasteiger partial charge >= 0.3 is 5.97 Å². The summed E-state index contributed by atoms with van der Waals surface area (Å²) >= 11 is 0. The van der Waals surface area contributed by atoms with Crippen LogP contribution in [0.25, 0.3) is 0 Å². The van der Waals surface area contributed by atoms with Gasteiger partial charge in [-0.1, -0.05) is 30.3 Å². The van der Waals surface area contributed by atoms with Crippen LogP contribution in [0.4, 0.5) is 0 Å². The number of carbonyl (C=O) groups excluding carboxylic acids is 1. The van der Waals surface area contributed by atoms with Gasteiger partial charge in [0.05, 0.1) is 7.11 Å². The van der Waals surface area contributed by atoms with Gasteiger partial charge in [0, 0.05) is 25.4 Å². The molecule has 1 aromatic carbocycles. The number of likely N-dealkylation sites (N-methyl/N-ethyl adjacent to an activating group) is 1. The van der Waals surface area contributed by atoms with Crippen molar-refractivity contribution in [2.75, 3.05) is 14.2 Å². The fourth-order valence-electron chi connectivity index (χ4n) is 2.35. The minimum Gasteiger partial charge on any atom is -0.467 e. The maximum absolute atomic E-state index is 12.3. The SMILES string of the molecule is CNC(CCn1cccn1)(C(=O)OC)c1ccccc1. The van der Waals surface area contributed by atoms with E-state index in [9.17, 15) is 4.79 Å². The minimum atomic E-state index is -0.859. The molecule has 0 bridgehead atoms. The molecule has 20 heavy (non-hydrogen) atoms. The molecule has 1 heterocycles. The molecule has 5 heteroatoms. The number of hydrogen-bond acceptors (Lipinski definition) is 4. The third kappa shape index (κ3) is 2.72. The normalized spacial score (nSPS) is 13.7. The molecule has 2 rings (SSSR count). The minimum absolute atomic E-state index is 0.293. The van der Waals surface area contributed by atoms with Gasteiger partial charge < -0.3 is 10.1 Å². The van der Waals surface area contributed by atoms with Crippen LogP contribution in [0, 0.1) is 0 Å². The number of aryl methyl sites for hydroxylation is 1. The summed E-state index contributed by atoms with van der Waals surface area (Å²) in [5, 5.41) is 7.30. The highest BCUT2D eigenvalue weighted by Crippen LogP contribution is 2.27. The Morgan fingerprint density at radius 3 is 2.65 bits per heavy atom. The first-order valence-electron chi connectivity index (χ1n) is 6.53. The van der Waals surface area contributed by atoms with Gasteiger partial charge in [-0.25, -0.2) is 4.79 Å². The molecule has 2 aromatic rings. The Hall–Kier alpha value is -2.14. The van der Waals surface area contributed by atoms with Crippen molar-refractivity contribution >= 4 is 5.97 Å². The summed E-state index contributed by atoms with van der Waals surface area (Å²) < 4.78 is 6.80. The summed E-state index contributed by atoms with van der Waals surface area (Å²) in [4.78, 5) is 12.3. The van der Waals surface area contributed by atoms with Crippen LogP contribution in [0.5, 0.6) is 0 Å². The van der Waals surface area contributed by atoms with Crippen LogP contribution < -0.4 is 5.32 Å². The van der Waals surface area contributed by atoms with E-state index < -0.39 is 5.54 Å². The first-order chi connectivity index (χ1) is 9.73. The highest BCUT2D eigenvalue weighted by molar-refractivity contribution is 5.82. The molecule has 0 saturated heterocycles. The number of aromatic nitrogens is 2. The Labute approximate surface area is 118 Å². The number of nitrogens with one attached hydrogen (secondary N) is 1. The van der Waals surface area contributed by atoms with E-state index in [0.717, 1.165) is 5.56 Å². The Balaban J connectivity index is 2.30. The van der Waals surface area contributed by atoms with Crippen LogP contribution in [-0.4, -0.2) is 29.9 Å². The van der Waals surface area contributed by atoms with E-state index in [1.807, 2.05) is 42.6 Å². The van der Waals surface area contributed by atoms with E-state index in [-0.39, 0.29) is 5.97 Å². The molecule has 1 aromatic heterocycles. The summed E-state index contributed by atoms with van der Waals surface area (Å²) in [7, 11) is 3.18. The van der Waals surface area contributed by atoms with E-state index in [1.165, 1.54) is 7.11 Å². The molecule has 0 fully saturated rings. The second-order valence-electron chi connectivity index (χ2n) is 4.53. The van der Waals surface area contributed by atoms with Gasteiger partial charge in [-0.05, 0) is 18.7 Å². The van der Waals surface area contributed by atoms with Gasteiger partial charge in [0.1, 0.15) is 5.54 Å². The van der Waals surface area contributed by atoms with E-state index >= 15 is 0 Å². The van der Waals surface area contributed by atoms with Crippen LogP contribution in [0.2, 0.25) is 0 Å². The molecule has 0 amide bonds. The number of rotatable bonds is 6. The lowest BCUT2D eigenvalue weighted by molar-refractivity contribution is -0.149. The zero-order chi connectivity index (χ0) is 14.4. The quantitative estimate of drug-likeness (QED) is 0.812. The first kappa shape index (κ1) is 14.3. The Morgan fingerprint density at radius 2 is 2.10 bits per heavy atom. The Bertz CT molecular complexity index is 540. The number of esters is 1. The molecule has 1 unspecified atom stereocenters. The van der Waals surface area contributed by atoms with Crippen molar-refractivity contribution in [3.63, 3.8) is 0 Å². The molecule has 5 nitrogen and oxygen atoms in total. The van der Waals surface area contributed by atoms with Gasteiger partial charge in [0.2, 0.25) is 0 Å². The molecule has 1 N–H and O–H groups in total. The van der Waals surface area contributed by atoms with Crippen LogP contribution >= 0.6 is 0 Å². The summed E-state index contributed by atoms with van der Waals surface area (Å²) in [5.74, 6) is -0.293. The molecule has 0 radical (unpaired) electrons. The van der Waals surface area contributed by atoms with E-state index in [1.54, 1.807) is 17.9 Å². The van der Waals surface area contributed by atoms with E-state index in [0.29, 0.717) is 13.0 Å². The lowest BCUT2D eigenvalue weighted by atomic mass is 9.86. The highest BCUT2D eigenvalue weighted by atomic mass is 16.5. The number of benzene rings is 1. The predicted octanol–water partition coefficient (Wildman–Crippen LogP) is 1.56. The molecule has 106 valence electrons. The van der Waals surface area contributed by atoms with Crippen LogP contribution in [0.3, 0.4) is 0 Å². The average molecular weight is 273 g/mol. The predicted molar refractivity (Wildman–Crippen MR) is 76.0 cm³/mol. The molecule has 0 saturated carbocycles. The summed E-state index contributed by atoms with van der Waals surface area (Å²) in [6.07, 6.45) is 4.16. The third-order valence-electron chi connectivity index (χ3n) is 3.50. The van der Waals surface area contributed by atoms with E-state index in [4.69, 9.17) is 4.74 Å². The molecule has 1 atom stereocenters. The average Bonchev–Trinajstić information content (AvgIpc) is 3.02. The van der Waals surface area contributed by atoms with E-state index in [2.05, 4.69) is 10.4 Å². The molecule has 0 aliphatic heterocycles. The van der Waals surface area contributed by atoms with Crippen molar-refractivity contribution in [3.8, 4) is 0 Å². The zero-order valence-electron chi connectivity index (χ0n) is 11.7. The fraction of sp³-hybridized carbons (Fsp3) is 0.333.